The molecule has 0 aromatic carbocycles. The normalized spacial score (nSPS) is 17.2. The first-order chi connectivity index (χ1) is 11.1. The maximum Gasteiger partial charge on any atom is 0.0639 e. The van der Waals surface area contributed by atoms with Crippen LogP contribution in [0.3, 0.4) is 0 Å². The van der Waals surface area contributed by atoms with Crippen LogP contribution in [0.4, 0.5) is 0 Å². The van der Waals surface area contributed by atoms with Gasteiger partial charge < -0.3 is 4.90 Å². The number of aromatic amines is 1. The number of rotatable bonds is 6. The van der Waals surface area contributed by atoms with Crippen molar-refractivity contribution < 1.29 is 0 Å². The van der Waals surface area contributed by atoms with Crippen molar-refractivity contribution in [3.63, 3.8) is 0 Å². The molecule has 0 bridgehead atoms. The molecule has 0 unspecified atom stereocenters. The maximum absolute atomic E-state index is 4.31. The van der Waals surface area contributed by atoms with Gasteiger partial charge >= 0.3 is 0 Å². The number of hydrogen-bond acceptors (Lipinski definition) is 4. The number of aryl methyl sites for hydroxylation is 2. The molecule has 126 valence electrons. The molecule has 1 saturated heterocycles. The van der Waals surface area contributed by atoms with Gasteiger partial charge in [-0.25, -0.2) is 0 Å². The lowest BCUT2D eigenvalue weighted by atomic mass is 10.0. The van der Waals surface area contributed by atoms with Gasteiger partial charge in [-0.1, -0.05) is 0 Å². The van der Waals surface area contributed by atoms with E-state index in [4.69, 9.17) is 0 Å². The van der Waals surface area contributed by atoms with Crippen molar-refractivity contribution in [2.24, 2.45) is 0 Å². The molecule has 0 spiro atoms. The van der Waals surface area contributed by atoms with Crippen molar-refractivity contribution in [3.8, 4) is 0 Å². The molecular weight excluding hydrogens is 288 g/mol. The summed E-state index contributed by atoms with van der Waals surface area (Å²) >= 11 is 0. The number of likely N-dealkylation sites (tertiary alicyclic amines) is 1. The highest BCUT2D eigenvalue weighted by Gasteiger charge is 2.23. The lowest BCUT2D eigenvalue weighted by molar-refractivity contribution is 0.120. The van der Waals surface area contributed by atoms with Gasteiger partial charge in [-0.15, -0.1) is 0 Å². The summed E-state index contributed by atoms with van der Waals surface area (Å²) in [7, 11) is 2.25. The fourth-order valence-corrected chi connectivity index (χ4v) is 3.45. The molecule has 0 saturated carbocycles. The van der Waals surface area contributed by atoms with E-state index in [1.54, 1.807) is 0 Å². The van der Waals surface area contributed by atoms with Crippen LogP contribution in [-0.4, -0.2) is 62.5 Å². The zero-order valence-electron chi connectivity index (χ0n) is 14.5. The molecule has 2 aromatic rings. The minimum absolute atomic E-state index is 0.671. The predicted octanol–water partition coefficient (Wildman–Crippen LogP) is 1.82. The molecule has 23 heavy (non-hydrogen) atoms. The first kappa shape index (κ1) is 16.2. The summed E-state index contributed by atoms with van der Waals surface area (Å²) in [4.78, 5) is 5.05. The molecular formula is C17H28N6. The standard InChI is InChI=1S/C17H28N6/c1-14-17(15(2)20-19-14)13-21(3)16-5-9-22(10-6-16)11-12-23-8-4-7-18-23/h4,7-8,16H,5-6,9-13H2,1-3H3,(H,19,20). The lowest BCUT2D eigenvalue weighted by Gasteiger charge is -2.36. The maximum atomic E-state index is 4.31. The molecule has 2 aromatic heterocycles. The SMILES string of the molecule is Cc1n[nH]c(C)c1CN(C)C1CCN(CCn2cccn2)CC1. The monoisotopic (exact) mass is 316 g/mol. The van der Waals surface area contributed by atoms with Crippen molar-refractivity contribution in [1.82, 2.24) is 29.8 Å². The number of H-pyrrole nitrogens is 1. The molecule has 6 nitrogen and oxygen atoms in total. The highest BCUT2D eigenvalue weighted by Crippen LogP contribution is 2.19. The summed E-state index contributed by atoms with van der Waals surface area (Å²) in [5.41, 5.74) is 3.69. The number of piperidine rings is 1. The summed E-state index contributed by atoms with van der Waals surface area (Å²) in [5, 5.41) is 11.7. The van der Waals surface area contributed by atoms with E-state index < -0.39 is 0 Å². The van der Waals surface area contributed by atoms with E-state index in [0.29, 0.717) is 6.04 Å². The van der Waals surface area contributed by atoms with Crippen LogP contribution in [0.5, 0.6) is 0 Å². The summed E-state index contributed by atoms with van der Waals surface area (Å²) in [6.45, 7) is 9.63. The largest absolute Gasteiger partial charge is 0.301 e. The van der Waals surface area contributed by atoms with Crippen LogP contribution in [0, 0.1) is 13.8 Å². The van der Waals surface area contributed by atoms with Crippen LogP contribution in [0.25, 0.3) is 0 Å². The Balaban J connectivity index is 1.45. The average Bonchev–Trinajstić information content (AvgIpc) is 3.18. The molecule has 0 amide bonds. The summed E-state index contributed by atoms with van der Waals surface area (Å²) in [5.74, 6) is 0. The van der Waals surface area contributed by atoms with Gasteiger partial charge in [0, 0.05) is 42.8 Å². The first-order valence-corrected chi connectivity index (χ1v) is 8.54. The Morgan fingerprint density at radius 1 is 1.26 bits per heavy atom. The van der Waals surface area contributed by atoms with Gasteiger partial charge in [-0.3, -0.25) is 14.7 Å². The fraction of sp³-hybridized carbons (Fsp3) is 0.647. The van der Waals surface area contributed by atoms with Crippen LogP contribution >= 0.6 is 0 Å². The zero-order chi connectivity index (χ0) is 16.2. The topological polar surface area (TPSA) is 53.0 Å². The molecule has 0 aliphatic carbocycles. The van der Waals surface area contributed by atoms with Crippen LogP contribution in [0.15, 0.2) is 18.5 Å². The summed E-state index contributed by atoms with van der Waals surface area (Å²) in [6.07, 6.45) is 6.37. The van der Waals surface area contributed by atoms with E-state index in [9.17, 15) is 0 Å². The third kappa shape index (κ3) is 4.00. The smallest absolute Gasteiger partial charge is 0.0639 e. The third-order valence-corrected chi connectivity index (χ3v) is 5.07. The second-order valence-electron chi connectivity index (χ2n) is 6.67. The molecule has 1 aliphatic rings. The quantitative estimate of drug-likeness (QED) is 0.883. The average molecular weight is 316 g/mol. The third-order valence-electron chi connectivity index (χ3n) is 5.07. The van der Waals surface area contributed by atoms with E-state index in [0.717, 1.165) is 25.3 Å². The number of aromatic nitrogens is 4. The van der Waals surface area contributed by atoms with Crippen LogP contribution < -0.4 is 0 Å². The van der Waals surface area contributed by atoms with E-state index in [1.807, 2.05) is 23.1 Å². The Kier molecular flexibility index (Phi) is 5.13. The Morgan fingerprint density at radius 3 is 2.65 bits per heavy atom. The molecule has 3 rings (SSSR count). The lowest BCUT2D eigenvalue weighted by Crippen LogP contribution is -2.44. The first-order valence-electron chi connectivity index (χ1n) is 8.54. The summed E-state index contributed by atoms with van der Waals surface area (Å²) in [6, 6.07) is 2.66. The molecule has 1 aliphatic heterocycles. The van der Waals surface area contributed by atoms with E-state index in [-0.39, 0.29) is 0 Å². The Hall–Kier alpha value is -1.66. The van der Waals surface area contributed by atoms with Gasteiger partial charge in [0.15, 0.2) is 0 Å². The van der Waals surface area contributed by atoms with E-state index >= 15 is 0 Å². The van der Waals surface area contributed by atoms with Crippen molar-refractivity contribution in [2.75, 3.05) is 26.7 Å². The minimum Gasteiger partial charge on any atom is -0.301 e. The molecule has 0 atom stereocenters. The van der Waals surface area contributed by atoms with Gasteiger partial charge in [0.25, 0.3) is 0 Å². The highest BCUT2D eigenvalue weighted by molar-refractivity contribution is 5.22. The van der Waals surface area contributed by atoms with Gasteiger partial charge in [0.05, 0.1) is 12.2 Å². The van der Waals surface area contributed by atoms with Gasteiger partial charge in [0.1, 0.15) is 0 Å². The zero-order valence-corrected chi connectivity index (χ0v) is 14.5. The van der Waals surface area contributed by atoms with Crippen LogP contribution in [0.2, 0.25) is 0 Å². The summed E-state index contributed by atoms with van der Waals surface area (Å²) < 4.78 is 2.02. The van der Waals surface area contributed by atoms with Crippen molar-refractivity contribution in [2.45, 2.75) is 45.8 Å². The Labute approximate surface area is 138 Å². The number of nitrogens with zero attached hydrogens (tertiary/aromatic N) is 5. The van der Waals surface area contributed by atoms with E-state index in [2.05, 4.69) is 46.0 Å². The molecule has 1 fully saturated rings. The highest BCUT2D eigenvalue weighted by atomic mass is 15.3. The van der Waals surface area contributed by atoms with Gasteiger partial charge in [0.2, 0.25) is 0 Å². The second-order valence-corrected chi connectivity index (χ2v) is 6.67. The van der Waals surface area contributed by atoms with Crippen LogP contribution in [0.1, 0.15) is 29.8 Å². The number of hydrogen-bond donors (Lipinski definition) is 1. The van der Waals surface area contributed by atoms with Gasteiger partial charge in [-0.05, 0) is 52.9 Å². The van der Waals surface area contributed by atoms with Crippen molar-refractivity contribution in [1.29, 1.82) is 0 Å². The van der Waals surface area contributed by atoms with Gasteiger partial charge in [-0.2, -0.15) is 10.2 Å². The second kappa shape index (κ2) is 7.27. The Morgan fingerprint density at radius 2 is 2.04 bits per heavy atom. The minimum atomic E-state index is 0.671. The number of nitrogens with one attached hydrogen (secondary N) is 1. The molecule has 1 N–H and O–H groups in total. The predicted molar refractivity (Wildman–Crippen MR) is 91.2 cm³/mol. The van der Waals surface area contributed by atoms with E-state index in [1.165, 1.54) is 37.2 Å². The molecule has 3 heterocycles. The van der Waals surface area contributed by atoms with Crippen LogP contribution in [-0.2, 0) is 13.1 Å². The molecule has 6 heteroatoms. The molecule has 0 radical (unpaired) electrons. The van der Waals surface area contributed by atoms with Crippen molar-refractivity contribution >= 4 is 0 Å². The Bertz CT molecular complexity index is 575. The van der Waals surface area contributed by atoms with Crippen molar-refractivity contribution in [3.05, 3.63) is 35.4 Å². The fourth-order valence-electron chi connectivity index (χ4n) is 3.45.